The first kappa shape index (κ1) is 34.0. The van der Waals surface area contributed by atoms with Gasteiger partial charge in [0.15, 0.2) is 0 Å². The van der Waals surface area contributed by atoms with E-state index in [9.17, 15) is 18.0 Å². The lowest BCUT2D eigenvalue weighted by molar-refractivity contribution is -0.140. The van der Waals surface area contributed by atoms with E-state index in [-0.39, 0.29) is 29.7 Å². The number of nitrogens with zero attached hydrogens (tertiary/aromatic N) is 2. The van der Waals surface area contributed by atoms with Crippen LogP contribution in [0.3, 0.4) is 0 Å². The van der Waals surface area contributed by atoms with Crippen molar-refractivity contribution >= 4 is 50.7 Å². The molecule has 1 N–H and O–H groups in total. The van der Waals surface area contributed by atoms with E-state index in [2.05, 4.69) is 5.32 Å². The summed E-state index contributed by atoms with van der Waals surface area (Å²) in [6, 6.07) is 28.3. The molecule has 0 aliphatic rings. The fourth-order valence-electron chi connectivity index (χ4n) is 4.85. The fourth-order valence-corrected chi connectivity index (χ4v) is 6.58. The minimum absolute atomic E-state index is 0.0114. The number of carbonyl (C=O) groups is 2. The number of rotatable bonds is 13. The second-order valence-electron chi connectivity index (χ2n) is 11.2. The van der Waals surface area contributed by atoms with Gasteiger partial charge < -0.3 is 10.2 Å². The molecule has 7 nitrogen and oxygen atoms in total. The first-order valence-electron chi connectivity index (χ1n) is 14.6. The van der Waals surface area contributed by atoms with E-state index in [1.807, 2.05) is 44.2 Å². The van der Waals surface area contributed by atoms with Crippen LogP contribution in [0.4, 0.5) is 5.69 Å². The molecule has 4 aromatic carbocycles. The zero-order valence-corrected chi connectivity index (χ0v) is 27.8. The van der Waals surface area contributed by atoms with Crippen molar-refractivity contribution in [1.82, 2.24) is 10.2 Å². The van der Waals surface area contributed by atoms with Crippen molar-refractivity contribution in [1.29, 1.82) is 0 Å². The molecule has 45 heavy (non-hydrogen) atoms. The highest BCUT2D eigenvalue weighted by molar-refractivity contribution is 7.92. The number of anilines is 1. The molecule has 0 saturated heterocycles. The summed E-state index contributed by atoms with van der Waals surface area (Å²) in [6.07, 6.45) is 0.235. The summed E-state index contributed by atoms with van der Waals surface area (Å²) in [5, 5.41) is 3.91. The average molecular weight is 667 g/mol. The molecule has 10 heteroatoms. The molecule has 0 heterocycles. The number of halogens is 2. The second kappa shape index (κ2) is 15.4. The Kier molecular flexibility index (Phi) is 11.7. The lowest BCUT2D eigenvalue weighted by Crippen LogP contribution is -2.53. The third-order valence-corrected chi connectivity index (χ3v) is 9.56. The van der Waals surface area contributed by atoms with Crippen LogP contribution in [0, 0.1) is 12.8 Å². The summed E-state index contributed by atoms with van der Waals surface area (Å²) in [5.41, 5.74) is 2.63. The van der Waals surface area contributed by atoms with Crippen LogP contribution in [-0.2, 0) is 32.6 Å². The number of sulfonamides is 1. The van der Waals surface area contributed by atoms with Crippen LogP contribution in [0.5, 0.6) is 0 Å². The molecule has 4 rings (SSSR count). The van der Waals surface area contributed by atoms with Crippen LogP contribution in [0.2, 0.25) is 10.0 Å². The van der Waals surface area contributed by atoms with E-state index >= 15 is 0 Å². The molecule has 0 fully saturated rings. The third-order valence-electron chi connectivity index (χ3n) is 7.29. The zero-order valence-electron chi connectivity index (χ0n) is 25.5. The number of carbonyl (C=O) groups excluding carboxylic acids is 2. The molecule has 1 unspecified atom stereocenters. The topological polar surface area (TPSA) is 86.8 Å². The molecule has 0 bridgehead atoms. The predicted octanol–water partition coefficient (Wildman–Crippen LogP) is 6.91. The Bertz CT molecular complexity index is 1700. The maximum atomic E-state index is 14.5. The third kappa shape index (κ3) is 9.10. The summed E-state index contributed by atoms with van der Waals surface area (Å²) in [4.78, 5) is 29.8. The van der Waals surface area contributed by atoms with Crippen LogP contribution in [-0.4, -0.2) is 44.3 Å². The lowest BCUT2D eigenvalue weighted by atomic mass is 10.0. The maximum Gasteiger partial charge on any atom is 0.264 e. The van der Waals surface area contributed by atoms with Crippen LogP contribution < -0.4 is 9.62 Å². The Labute approximate surface area is 275 Å². The van der Waals surface area contributed by atoms with Gasteiger partial charge in [-0.1, -0.05) is 97.7 Å². The van der Waals surface area contributed by atoms with Gasteiger partial charge in [0, 0.05) is 29.6 Å². The Morgan fingerprint density at radius 3 is 1.96 bits per heavy atom. The fraction of sp³-hybridized carbons (Fsp3) is 0.257. The normalized spacial score (nSPS) is 12.0. The number of hydrogen-bond acceptors (Lipinski definition) is 4. The SMILES string of the molecule is Cc1ccccc1N(CC(=O)N(Cc1ccc(Cl)cc1)C(Cc1ccccc1)C(=O)NCC(C)C)S(=O)(=O)c1ccc(Cl)cc1. The van der Waals surface area contributed by atoms with Gasteiger partial charge in [-0.2, -0.15) is 0 Å². The predicted molar refractivity (Wildman–Crippen MR) is 181 cm³/mol. The molecule has 0 aliphatic carbocycles. The molecule has 0 spiro atoms. The van der Waals surface area contributed by atoms with Gasteiger partial charge in [0.1, 0.15) is 12.6 Å². The van der Waals surface area contributed by atoms with Gasteiger partial charge in [0.25, 0.3) is 10.0 Å². The number of para-hydroxylation sites is 1. The van der Waals surface area contributed by atoms with Gasteiger partial charge >= 0.3 is 0 Å². The molecule has 0 aliphatic heterocycles. The largest absolute Gasteiger partial charge is 0.354 e. The lowest BCUT2D eigenvalue weighted by Gasteiger charge is -2.34. The van der Waals surface area contributed by atoms with Crippen molar-refractivity contribution in [2.24, 2.45) is 5.92 Å². The summed E-state index contributed by atoms with van der Waals surface area (Å²) in [7, 11) is -4.22. The van der Waals surface area contributed by atoms with E-state index < -0.39 is 28.5 Å². The van der Waals surface area contributed by atoms with E-state index in [0.717, 1.165) is 15.4 Å². The molecule has 0 saturated carbocycles. The second-order valence-corrected chi connectivity index (χ2v) is 14.0. The van der Waals surface area contributed by atoms with Crippen molar-refractivity contribution in [2.75, 3.05) is 17.4 Å². The van der Waals surface area contributed by atoms with Crippen molar-refractivity contribution < 1.29 is 18.0 Å². The smallest absolute Gasteiger partial charge is 0.264 e. The molecule has 236 valence electrons. The van der Waals surface area contributed by atoms with E-state index in [1.165, 1.54) is 29.2 Å². The van der Waals surface area contributed by atoms with Crippen LogP contribution in [0.25, 0.3) is 0 Å². The van der Waals surface area contributed by atoms with E-state index in [1.54, 1.807) is 55.5 Å². The van der Waals surface area contributed by atoms with E-state index in [4.69, 9.17) is 23.2 Å². The van der Waals surface area contributed by atoms with Crippen molar-refractivity contribution in [2.45, 2.75) is 44.7 Å². The molecular weight excluding hydrogens is 629 g/mol. The number of nitrogens with one attached hydrogen (secondary N) is 1. The van der Waals surface area contributed by atoms with Gasteiger partial charge in [-0.15, -0.1) is 0 Å². The van der Waals surface area contributed by atoms with Gasteiger partial charge in [0.05, 0.1) is 10.6 Å². The minimum atomic E-state index is -4.22. The molecule has 0 aromatic heterocycles. The number of hydrogen-bond donors (Lipinski definition) is 1. The van der Waals surface area contributed by atoms with E-state index in [0.29, 0.717) is 27.8 Å². The summed E-state index contributed by atoms with van der Waals surface area (Å²) in [5.74, 6) is -0.669. The summed E-state index contributed by atoms with van der Waals surface area (Å²) < 4.78 is 29.4. The van der Waals surface area contributed by atoms with Crippen molar-refractivity contribution in [3.63, 3.8) is 0 Å². The number of amides is 2. The summed E-state index contributed by atoms with van der Waals surface area (Å²) in [6.45, 7) is 5.72. The van der Waals surface area contributed by atoms with Crippen molar-refractivity contribution in [3.05, 3.63) is 130 Å². The summed E-state index contributed by atoms with van der Waals surface area (Å²) >= 11 is 12.2. The monoisotopic (exact) mass is 665 g/mol. The van der Waals surface area contributed by atoms with Gasteiger partial charge in [-0.25, -0.2) is 8.42 Å². The van der Waals surface area contributed by atoms with Gasteiger partial charge in [-0.05, 0) is 72.0 Å². The first-order chi connectivity index (χ1) is 21.5. The quantitative estimate of drug-likeness (QED) is 0.168. The van der Waals surface area contributed by atoms with Gasteiger partial charge in [0.2, 0.25) is 11.8 Å². The molecule has 2 amide bonds. The molecule has 4 aromatic rings. The highest BCUT2D eigenvalue weighted by Gasteiger charge is 2.35. The van der Waals surface area contributed by atoms with Crippen LogP contribution in [0.1, 0.15) is 30.5 Å². The Morgan fingerprint density at radius 1 is 0.778 bits per heavy atom. The molecular formula is C35H37Cl2N3O4S. The Hall–Kier alpha value is -3.85. The minimum Gasteiger partial charge on any atom is -0.354 e. The first-order valence-corrected chi connectivity index (χ1v) is 16.8. The molecule has 0 radical (unpaired) electrons. The van der Waals surface area contributed by atoms with Crippen LogP contribution >= 0.6 is 23.2 Å². The number of benzene rings is 4. The Balaban J connectivity index is 1.80. The standard InChI is InChI=1S/C35H37Cl2N3O4S/c1-25(2)22-38-35(42)33(21-27-10-5-4-6-11-27)39(23-28-13-15-29(36)16-14-28)34(41)24-40(32-12-8-7-9-26(32)3)45(43,44)31-19-17-30(37)18-20-31/h4-20,25,33H,21-24H2,1-3H3,(H,38,42). The Morgan fingerprint density at radius 2 is 1.36 bits per heavy atom. The van der Waals surface area contributed by atoms with Crippen LogP contribution in [0.15, 0.2) is 108 Å². The van der Waals surface area contributed by atoms with Crippen molar-refractivity contribution in [3.8, 4) is 0 Å². The maximum absolute atomic E-state index is 14.5. The number of aryl methyl sites for hydroxylation is 1. The van der Waals surface area contributed by atoms with Gasteiger partial charge in [-0.3, -0.25) is 13.9 Å². The highest BCUT2D eigenvalue weighted by Crippen LogP contribution is 2.28. The average Bonchev–Trinajstić information content (AvgIpc) is 3.02. The molecule has 1 atom stereocenters. The highest BCUT2D eigenvalue weighted by atomic mass is 35.5. The zero-order chi connectivity index (χ0) is 32.6.